The van der Waals surface area contributed by atoms with Crippen molar-refractivity contribution in [2.45, 2.75) is 71.8 Å². The van der Waals surface area contributed by atoms with E-state index in [1.807, 2.05) is 0 Å². The largest absolute Gasteiger partial charge is 0.393 e. The van der Waals surface area contributed by atoms with Gasteiger partial charge < -0.3 is 10.5 Å². The molecule has 22 heavy (non-hydrogen) atoms. The number of fused-ring (bicyclic) bond motifs is 5. The normalized spacial score (nSPS) is 54.3. The zero-order valence-electron chi connectivity index (χ0n) is 14.4. The predicted molar refractivity (Wildman–Crippen MR) is 90.0 cm³/mol. The molecule has 0 heterocycles. The van der Waals surface area contributed by atoms with Crippen LogP contribution in [-0.4, -0.2) is 16.9 Å². The first kappa shape index (κ1) is 14.9. The van der Waals surface area contributed by atoms with Gasteiger partial charge in [0.15, 0.2) is 0 Å². The van der Waals surface area contributed by atoms with Crippen LogP contribution in [0.15, 0.2) is 11.6 Å². The van der Waals surface area contributed by atoms with Crippen molar-refractivity contribution in [3.8, 4) is 0 Å². The topological polar surface area (TPSA) is 44.1 Å². The molecule has 7 atom stereocenters. The summed E-state index contributed by atoms with van der Waals surface area (Å²) in [5, 5.41) is 18.4. The van der Waals surface area contributed by atoms with Crippen molar-refractivity contribution >= 4 is 5.71 Å². The van der Waals surface area contributed by atoms with Gasteiger partial charge in [0.2, 0.25) is 0 Å². The molecule has 0 saturated heterocycles. The molecule has 3 saturated carbocycles. The monoisotopic (exact) mass is 301 g/mol. The quantitative estimate of drug-likeness (QED) is 0.632. The third-order valence-electron chi connectivity index (χ3n) is 8.47. The van der Waals surface area contributed by atoms with E-state index in [2.05, 4.69) is 26.8 Å². The zero-order chi connectivity index (χ0) is 15.7. The number of allylic oxidation sites excluding steroid dienone is 1. The standard InChI is InChI=1S/C20H31NO/c1-12-18(21)11-17-15-5-4-13-10-14(22)6-8-20(13,3)16(15)7-9-19(12,17)2/h4,12,14-17,21-22H,5-11H2,1-3H3/t12-,14+,15?,16?,17?,19-,20+/m1/s1. The van der Waals surface area contributed by atoms with Gasteiger partial charge in [0.25, 0.3) is 0 Å². The number of aliphatic hydroxyl groups is 1. The molecule has 0 bridgehead atoms. The van der Waals surface area contributed by atoms with Crippen molar-refractivity contribution in [1.29, 1.82) is 5.41 Å². The lowest BCUT2D eigenvalue weighted by Crippen LogP contribution is -2.50. The van der Waals surface area contributed by atoms with Gasteiger partial charge >= 0.3 is 0 Å². The molecular formula is C20H31NO. The van der Waals surface area contributed by atoms with Crippen LogP contribution in [0, 0.1) is 39.9 Å². The third-order valence-corrected chi connectivity index (χ3v) is 8.47. The van der Waals surface area contributed by atoms with Crippen LogP contribution in [-0.2, 0) is 0 Å². The summed E-state index contributed by atoms with van der Waals surface area (Å²) in [5.41, 5.74) is 3.26. The Labute approximate surface area is 134 Å². The molecule has 3 unspecified atom stereocenters. The van der Waals surface area contributed by atoms with Crippen LogP contribution in [0.5, 0.6) is 0 Å². The second kappa shape index (κ2) is 4.69. The second-order valence-corrected chi connectivity index (χ2v) is 9.15. The van der Waals surface area contributed by atoms with E-state index in [9.17, 15) is 5.11 Å². The van der Waals surface area contributed by atoms with E-state index in [1.165, 1.54) is 19.3 Å². The van der Waals surface area contributed by atoms with E-state index in [-0.39, 0.29) is 6.10 Å². The van der Waals surface area contributed by atoms with Gasteiger partial charge in [0, 0.05) is 5.71 Å². The summed E-state index contributed by atoms with van der Waals surface area (Å²) in [7, 11) is 0. The fourth-order valence-corrected chi connectivity index (χ4v) is 6.72. The van der Waals surface area contributed by atoms with Crippen molar-refractivity contribution in [2.75, 3.05) is 0 Å². The highest BCUT2D eigenvalue weighted by atomic mass is 16.3. The maximum absolute atomic E-state index is 10.1. The van der Waals surface area contributed by atoms with Crippen molar-refractivity contribution in [2.24, 2.45) is 34.5 Å². The van der Waals surface area contributed by atoms with Crippen LogP contribution in [0.1, 0.15) is 65.7 Å². The van der Waals surface area contributed by atoms with E-state index < -0.39 is 0 Å². The van der Waals surface area contributed by atoms with Crippen molar-refractivity contribution < 1.29 is 5.11 Å². The molecule has 0 amide bonds. The number of rotatable bonds is 0. The third kappa shape index (κ3) is 1.79. The Hall–Kier alpha value is -0.630. The summed E-state index contributed by atoms with van der Waals surface area (Å²) in [4.78, 5) is 0. The molecule has 4 rings (SSSR count). The van der Waals surface area contributed by atoms with Crippen LogP contribution in [0.25, 0.3) is 0 Å². The fraction of sp³-hybridized carbons (Fsp3) is 0.850. The van der Waals surface area contributed by atoms with E-state index in [0.717, 1.165) is 49.1 Å². The fourth-order valence-electron chi connectivity index (χ4n) is 6.72. The molecule has 4 aliphatic rings. The maximum Gasteiger partial charge on any atom is 0.0577 e. The molecule has 0 aromatic heterocycles. The van der Waals surface area contributed by atoms with Crippen LogP contribution in [0.3, 0.4) is 0 Å². The van der Waals surface area contributed by atoms with Gasteiger partial charge in [-0.3, -0.25) is 0 Å². The first-order chi connectivity index (χ1) is 10.4. The van der Waals surface area contributed by atoms with Gasteiger partial charge in [-0.15, -0.1) is 0 Å². The van der Waals surface area contributed by atoms with Gasteiger partial charge in [-0.2, -0.15) is 0 Å². The summed E-state index contributed by atoms with van der Waals surface area (Å²) >= 11 is 0. The van der Waals surface area contributed by atoms with Crippen LogP contribution in [0.4, 0.5) is 0 Å². The lowest BCUT2D eigenvalue weighted by atomic mass is 9.47. The minimum absolute atomic E-state index is 0.107. The van der Waals surface area contributed by atoms with Crippen molar-refractivity contribution in [1.82, 2.24) is 0 Å². The first-order valence-electron chi connectivity index (χ1n) is 9.31. The lowest BCUT2D eigenvalue weighted by Gasteiger charge is -2.57. The molecule has 0 aliphatic heterocycles. The Kier molecular flexibility index (Phi) is 3.18. The van der Waals surface area contributed by atoms with E-state index in [0.29, 0.717) is 16.7 Å². The minimum atomic E-state index is -0.107. The Morgan fingerprint density at radius 2 is 1.91 bits per heavy atom. The van der Waals surface area contributed by atoms with Gasteiger partial charge in [-0.05, 0) is 79.4 Å². The maximum atomic E-state index is 10.1. The number of hydrogen-bond donors (Lipinski definition) is 2. The van der Waals surface area contributed by atoms with Gasteiger partial charge in [-0.25, -0.2) is 0 Å². The zero-order valence-corrected chi connectivity index (χ0v) is 14.4. The summed E-state index contributed by atoms with van der Waals surface area (Å²) in [5.74, 6) is 2.75. The highest BCUT2D eigenvalue weighted by Gasteiger charge is 2.58. The van der Waals surface area contributed by atoms with E-state index in [4.69, 9.17) is 5.41 Å². The summed E-state index contributed by atoms with van der Waals surface area (Å²) in [6.07, 6.45) is 10.3. The SMILES string of the molecule is C[C@@H]1C(=N)CC2C3CC=C4C[C@@H](O)CC[C@]4(C)C3CC[C@@]21C. The Morgan fingerprint density at radius 3 is 2.68 bits per heavy atom. The lowest BCUT2D eigenvalue weighted by molar-refractivity contribution is -0.0468. The number of nitrogens with one attached hydrogen (secondary N) is 1. The highest BCUT2D eigenvalue weighted by Crippen LogP contribution is 2.65. The molecule has 4 aliphatic carbocycles. The second-order valence-electron chi connectivity index (χ2n) is 9.15. The number of hydrogen-bond acceptors (Lipinski definition) is 2. The molecule has 0 aromatic carbocycles. The first-order valence-corrected chi connectivity index (χ1v) is 9.31. The molecule has 3 fully saturated rings. The van der Waals surface area contributed by atoms with Gasteiger partial charge in [0.05, 0.1) is 6.10 Å². The molecule has 122 valence electrons. The predicted octanol–water partition coefficient (Wildman–Crippen LogP) is 4.58. The number of aliphatic hydroxyl groups excluding tert-OH is 1. The molecule has 2 nitrogen and oxygen atoms in total. The molecule has 0 radical (unpaired) electrons. The summed E-state index contributed by atoms with van der Waals surface area (Å²) < 4.78 is 0. The molecule has 0 aromatic rings. The van der Waals surface area contributed by atoms with Gasteiger partial charge in [-0.1, -0.05) is 32.4 Å². The van der Waals surface area contributed by atoms with Crippen molar-refractivity contribution in [3.05, 3.63) is 11.6 Å². The van der Waals surface area contributed by atoms with E-state index >= 15 is 0 Å². The van der Waals surface area contributed by atoms with Crippen LogP contribution >= 0.6 is 0 Å². The van der Waals surface area contributed by atoms with Crippen LogP contribution < -0.4 is 0 Å². The summed E-state index contributed by atoms with van der Waals surface area (Å²) in [6.45, 7) is 7.24. The van der Waals surface area contributed by atoms with Crippen molar-refractivity contribution in [3.63, 3.8) is 0 Å². The van der Waals surface area contributed by atoms with Crippen LogP contribution in [0.2, 0.25) is 0 Å². The molecule has 0 spiro atoms. The molecular weight excluding hydrogens is 270 g/mol. The Bertz CT molecular complexity index is 538. The average Bonchev–Trinajstić information content (AvgIpc) is 2.72. The molecule has 2 N–H and O–H groups in total. The molecule has 2 heteroatoms. The van der Waals surface area contributed by atoms with Gasteiger partial charge in [0.1, 0.15) is 0 Å². The Balaban J connectivity index is 1.70. The average molecular weight is 301 g/mol. The smallest absolute Gasteiger partial charge is 0.0577 e. The summed E-state index contributed by atoms with van der Waals surface area (Å²) in [6, 6.07) is 0. The minimum Gasteiger partial charge on any atom is -0.393 e. The Morgan fingerprint density at radius 1 is 1.14 bits per heavy atom. The van der Waals surface area contributed by atoms with E-state index in [1.54, 1.807) is 5.57 Å². The highest BCUT2D eigenvalue weighted by molar-refractivity contribution is 5.87.